The quantitative estimate of drug-likeness (QED) is 0.646. The monoisotopic (exact) mass is 430 g/mol. The fraction of sp³-hybridized carbons (Fsp3) is 0.318. The Morgan fingerprint density at radius 1 is 1.20 bits per heavy atom. The van der Waals surface area contributed by atoms with Crippen LogP contribution in [-0.2, 0) is 19.1 Å². The molecule has 158 valence electrons. The molecule has 30 heavy (non-hydrogen) atoms. The summed E-state index contributed by atoms with van der Waals surface area (Å²) in [4.78, 5) is 38.2. The highest BCUT2D eigenvalue weighted by atomic mass is 35.5. The van der Waals surface area contributed by atoms with Gasteiger partial charge in [-0.2, -0.15) is 0 Å². The summed E-state index contributed by atoms with van der Waals surface area (Å²) in [6, 6.07) is 13.8. The Labute approximate surface area is 179 Å². The molecular formula is C22H23ClN2O5. The highest BCUT2D eigenvalue weighted by molar-refractivity contribution is 6.30. The van der Waals surface area contributed by atoms with E-state index >= 15 is 0 Å². The van der Waals surface area contributed by atoms with Gasteiger partial charge in [0.1, 0.15) is 5.75 Å². The number of halogens is 1. The molecule has 3 rings (SSSR count). The number of carbonyl (C=O) groups is 3. The first-order valence-electron chi connectivity index (χ1n) is 9.71. The molecule has 1 saturated heterocycles. The third kappa shape index (κ3) is 5.73. The summed E-state index contributed by atoms with van der Waals surface area (Å²) >= 11 is 5.87. The Balaban J connectivity index is 1.50. The van der Waals surface area contributed by atoms with Crippen LogP contribution in [0, 0.1) is 5.92 Å². The van der Waals surface area contributed by atoms with E-state index < -0.39 is 24.4 Å². The van der Waals surface area contributed by atoms with Crippen molar-refractivity contribution in [3.05, 3.63) is 53.6 Å². The molecule has 0 saturated carbocycles. The maximum Gasteiger partial charge on any atom is 0.311 e. The number of hydrogen-bond donors (Lipinski definition) is 1. The third-order valence-corrected chi connectivity index (χ3v) is 4.77. The molecule has 0 radical (unpaired) electrons. The zero-order valence-electron chi connectivity index (χ0n) is 16.6. The molecule has 1 fully saturated rings. The topological polar surface area (TPSA) is 84.9 Å². The lowest BCUT2D eigenvalue weighted by Crippen LogP contribution is -2.28. The van der Waals surface area contributed by atoms with Crippen LogP contribution in [0.3, 0.4) is 0 Å². The van der Waals surface area contributed by atoms with E-state index in [0.717, 1.165) is 12.2 Å². The summed E-state index contributed by atoms with van der Waals surface area (Å²) < 4.78 is 10.6. The Bertz CT molecular complexity index is 916. The molecule has 1 heterocycles. The molecule has 1 aliphatic rings. The fourth-order valence-electron chi connectivity index (χ4n) is 3.08. The molecule has 0 aliphatic carbocycles. The van der Waals surface area contributed by atoms with Crippen molar-refractivity contribution in [3.63, 3.8) is 0 Å². The highest BCUT2D eigenvalue weighted by Gasteiger charge is 2.36. The first kappa shape index (κ1) is 21.6. The normalized spacial score (nSPS) is 15.7. The molecule has 8 heteroatoms. The molecule has 0 aromatic heterocycles. The van der Waals surface area contributed by atoms with E-state index in [1.165, 1.54) is 0 Å². The Hall–Kier alpha value is -3.06. The number of esters is 1. The lowest BCUT2D eigenvalue weighted by molar-refractivity contribution is -0.151. The molecule has 0 unspecified atom stereocenters. The largest absolute Gasteiger partial charge is 0.494 e. The van der Waals surface area contributed by atoms with Crippen LogP contribution in [0.5, 0.6) is 5.75 Å². The number of amides is 2. The molecule has 1 aliphatic heterocycles. The van der Waals surface area contributed by atoms with Crippen molar-refractivity contribution in [1.29, 1.82) is 0 Å². The van der Waals surface area contributed by atoms with E-state index in [4.69, 9.17) is 21.1 Å². The van der Waals surface area contributed by atoms with E-state index in [-0.39, 0.29) is 18.9 Å². The van der Waals surface area contributed by atoms with Crippen LogP contribution in [0.15, 0.2) is 48.5 Å². The number of carbonyl (C=O) groups excluding carboxylic acids is 3. The number of benzene rings is 2. The van der Waals surface area contributed by atoms with Crippen LogP contribution in [-0.4, -0.2) is 37.5 Å². The van der Waals surface area contributed by atoms with Crippen molar-refractivity contribution in [2.75, 3.05) is 30.0 Å². The van der Waals surface area contributed by atoms with Crippen molar-refractivity contribution < 1.29 is 23.9 Å². The van der Waals surface area contributed by atoms with E-state index in [1.807, 2.05) is 6.92 Å². The number of nitrogens with one attached hydrogen (secondary N) is 1. The van der Waals surface area contributed by atoms with Crippen LogP contribution >= 0.6 is 11.6 Å². The average Bonchev–Trinajstić information content (AvgIpc) is 3.12. The van der Waals surface area contributed by atoms with Gasteiger partial charge in [-0.25, -0.2) is 0 Å². The van der Waals surface area contributed by atoms with Gasteiger partial charge >= 0.3 is 5.97 Å². The second-order valence-corrected chi connectivity index (χ2v) is 7.35. The molecule has 1 N–H and O–H groups in total. The predicted octanol–water partition coefficient (Wildman–Crippen LogP) is 3.66. The zero-order chi connectivity index (χ0) is 21.5. The summed E-state index contributed by atoms with van der Waals surface area (Å²) in [5.74, 6) is -1.10. The van der Waals surface area contributed by atoms with Gasteiger partial charge in [0.25, 0.3) is 5.91 Å². The zero-order valence-corrected chi connectivity index (χ0v) is 17.4. The Morgan fingerprint density at radius 3 is 2.67 bits per heavy atom. The number of hydrogen-bond acceptors (Lipinski definition) is 5. The minimum absolute atomic E-state index is 0.0445. The third-order valence-electron chi connectivity index (χ3n) is 4.53. The number of nitrogens with zero attached hydrogens (tertiary/aromatic N) is 1. The van der Waals surface area contributed by atoms with E-state index in [9.17, 15) is 14.4 Å². The van der Waals surface area contributed by atoms with Gasteiger partial charge in [0.2, 0.25) is 5.91 Å². The number of ether oxygens (including phenoxy) is 2. The summed E-state index contributed by atoms with van der Waals surface area (Å²) in [5.41, 5.74) is 1.20. The summed E-state index contributed by atoms with van der Waals surface area (Å²) in [7, 11) is 0. The minimum Gasteiger partial charge on any atom is -0.494 e. The molecule has 0 bridgehead atoms. The van der Waals surface area contributed by atoms with E-state index in [0.29, 0.717) is 23.0 Å². The lowest BCUT2D eigenvalue weighted by atomic mass is 10.1. The van der Waals surface area contributed by atoms with Crippen LogP contribution in [0.25, 0.3) is 0 Å². The first-order valence-corrected chi connectivity index (χ1v) is 10.1. The standard InChI is InChI=1S/C22H23ClN2O5/c1-2-10-29-19-8-6-18(7-9-19)25-13-15(11-21(25)27)22(28)30-14-20(26)24-17-5-3-4-16(23)12-17/h3-9,12,15H,2,10-11,13-14H2,1H3,(H,24,26)/t15-/m1/s1. The summed E-state index contributed by atoms with van der Waals surface area (Å²) in [5, 5.41) is 3.09. The molecule has 7 nitrogen and oxygen atoms in total. The minimum atomic E-state index is -0.618. The van der Waals surface area contributed by atoms with Crippen molar-refractivity contribution in [2.45, 2.75) is 19.8 Å². The average molecular weight is 431 g/mol. The maximum atomic E-state index is 12.4. The van der Waals surface area contributed by atoms with Crippen molar-refractivity contribution in [1.82, 2.24) is 0 Å². The van der Waals surface area contributed by atoms with E-state index in [2.05, 4.69) is 5.32 Å². The van der Waals surface area contributed by atoms with Gasteiger partial charge in [-0.05, 0) is 48.9 Å². The van der Waals surface area contributed by atoms with Gasteiger partial charge in [0.15, 0.2) is 6.61 Å². The van der Waals surface area contributed by atoms with Gasteiger partial charge in [-0.1, -0.05) is 24.6 Å². The smallest absolute Gasteiger partial charge is 0.311 e. The second kappa shape index (κ2) is 10.1. The van der Waals surface area contributed by atoms with Gasteiger partial charge in [0.05, 0.1) is 12.5 Å². The molecular weight excluding hydrogens is 408 g/mol. The van der Waals surface area contributed by atoms with Crippen molar-refractivity contribution >= 4 is 40.8 Å². The Morgan fingerprint density at radius 2 is 1.97 bits per heavy atom. The fourth-order valence-corrected chi connectivity index (χ4v) is 3.27. The predicted molar refractivity (Wildman–Crippen MR) is 114 cm³/mol. The van der Waals surface area contributed by atoms with Gasteiger partial charge < -0.3 is 19.7 Å². The molecule has 2 aromatic carbocycles. The van der Waals surface area contributed by atoms with Gasteiger partial charge in [-0.15, -0.1) is 0 Å². The molecule has 2 aromatic rings. The SMILES string of the molecule is CCCOc1ccc(N2C[C@H](C(=O)OCC(=O)Nc3cccc(Cl)c3)CC2=O)cc1. The summed E-state index contributed by atoms with van der Waals surface area (Å²) in [6.07, 6.45) is 0.954. The molecule has 0 spiro atoms. The van der Waals surface area contributed by atoms with Gasteiger partial charge in [0, 0.05) is 29.4 Å². The van der Waals surface area contributed by atoms with Crippen LogP contribution in [0.4, 0.5) is 11.4 Å². The van der Waals surface area contributed by atoms with Crippen LogP contribution < -0.4 is 15.0 Å². The van der Waals surface area contributed by atoms with E-state index in [1.54, 1.807) is 53.4 Å². The second-order valence-electron chi connectivity index (χ2n) is 6.91. The molecule has 2 amide bonds. The van der Waals surface area contributed by atoms with Crippen molar-refractivity contribution in [3.8, 4) is 5.75 Å². The van der Waals surface area contributed by atoms with Crippen LogP contribution in [0.2, 0.25) is 5.02 Å². The molecule has 1 atom stereocenters. The number of anilines is 2. The Kier molecular flexibility index (Phi) is 7.30. The highest BCUT2D eigenvalue weighted by Crippen LogP contribution is 2.27. The first-order chi connectivity index (χ1) is 14.5. The lowest BCUT2D eigenvalue weighted by Gasteiger charge is -2.17. The van der Waals surface area contributed by atoms with Crippen molar-refractivity contribution in [2.24, 2.45) is 5.92 Å². The van der Waals surface area contributed by atoms with Crippen LogP contribution in [0.1, 0.15) is 19.8 Å². The number of rotatable bonds is 8. The maximum absolute atomic E-state index is 12.4. The summed E-state index contributed by atoms with van der Waals surface area (Å²) in [6.45, 7) is 2.43. The van der Waals surface area contributed by atoms with Gasteiger partial charge in [-0.3, -0.25) is 14.4 Å².